The van der Waals surface area contributed by atoms with Gasteiger partial charge in [0, 0.05) is 18.2 Å². The molecule has 2 N–H and O–H groups in total. The quantitative estimate of drug-likeness (QED) is 0.633. The van der Waals surface area contributed by atoms with Crippen molar-refractivity contribution in [2.45, 2.75) is 32.9 Å². The number of rotatable bonds is 7. The number of carbonyl (C=O) groups is 2. The highest BCUT2D eigenvalue weighted by Crippen LogP contribution is 2.16. The van der Waals surface area contributed by atoms with E-state index in [4.69, 9.17) is 0 Å². The van der Waals surface area contributed by atoms with E-state index in [9.17, 15) is 14.4 Å². The fourth-order valence-electron chi connectivity index (χ4n) is 2.90. The van der Waals surface area contributed by atoms with Crippen LogP contribution < -0.4 is 16.2 Å². The number of carbonyl (C=O) groups excluding carboxylic acids is 2. The average molecular weight is 404 g/mol. The molecule has 0 aliphatic heterocycles. The number of amides is 2. The molecule has 0 saturated carbocycles. The van der Waals surface area contributed by atoms with Gasteiger partial charge in [-0.1, -0.05) is 49.4 Å². The summed E-state index contributed by atoms with van der Waals surface area (Å²) in [6.07, 6.45) is 0.410. The van der Waals surface area contributed by atoms with E-state index in [1.807, 2.05) is 49.4 Å². The van der Waals surface area contributed by atoms with Gasteiger partial charge < -0.3 is 10.6 Å². The second-order valence-corrected chi connectivity index (χ2v) is 6.92. The normalized spacial score (nSPS) is 11.5. The number of benzene rings is 2. The molecule has 0 saturated heterocycles. The third-order valence-corrected chi connectivity index (χ3v) is 4.64. The first-order chi connectivity index (χ1) is 14.5. The highest BCUT2D eigenvalue weighted by Gasteiger charge is 2.14. The van der Waals surface area contributed by atoms with Gasteiger partial charge in [0.15, 0.2) is 0 Å². The minimum absolute atomic E-state index is 0.0548. The zero-order valence-electron chi connectivity index (χ0n) is 17.0. The molecule has 3 rings (SSSR count). The maximum Gasteiger partial charge on any atom is 0.272 e. The Bertz CT molecular complexity index is 1080. The van der Waals surface area contributed by atoms with Gasteiger partial charge in [0.25, 0.3) is 11.5 Å². The average Bonchev–Trinajstić information content (AvgIpc) is 2.76. The molecule has 1 unspecified atom stereocenters. The van der Waals surface area contributed by atoms with Crippen molar-refractivity contribution in [2.24, 2.45) is 0 Å². The molecule has 154 valence electrons. The first kappa shape index (κ1) is 21.0. The zero-order valence-corrected chi connectivity index (χ0v) is 17.0. The Morgan fingerprint density at radius 1 is 1.00 bits per heavy atom. The van der Waals surface area contributed by atoms with Crippen LogP contribution in [-0.4, -0.2) is 21.6 Å². The predicted octanol–water partition coefficient (Wildman–Crippen LogP) is 3.13. The molecule has 2 aromatic carbocycles. The number of hydrogen-bond donors (Lipinski definition) is 2. The fraction of sp³-hybridized carbons (Fsp3) is 0.217. The Balaban J connectivity index is 1.68. The van der Waals surface area contributed by atoms with Gasteiger partial charge >= 0.3 is 0 Å². The van der Waals surface area contributed by atoms with Gasteiger partial charge in [-0.05, 0) is 36.2 Å². The van der Waals surface area contributed by atoms with Crippen molar-refractivity contribution in [3.8, 4) is 0 Å². The van der Waals surface area contributed by atoms with E-state index in [1.54, 1.807) is 19.1 Å². The van der Waals surface area contributed by atoms with E-state index < -0.39 is 0 Å². The highest BCUT2D eigenvalue weighted by molar-refractivity contribution is 5.92. The van der Waals surface area contributed by atoms with Gasteiger partial charge in [-0.25, -0.2) is 4.68 Å². The SMILES string of the molecule is CCC(=O)Nc1ccc(C(C)NC(=O)c2ccc(=O)n(Cc3ccccc3)n2)cc1. The van der Waals surface area contributed by atoms with Crippen LogP contribution in [0.15, 0.2) is 71.5 Å². The van der Waals surface area contributed by atoms with Crippen LogP contribution in [0.1, 0.15) is 47.9 Å². The van der Waals surface area contributed by atoms with Crippen LogP contribution in [0.3, 0.4) is 0 Å². The Hall–Kier alpha value is -3.74. The van der Waals surface area contributed by atoms with Crippen molar-refractivity contribution >= 4 is 17.5 Å². The number of hydrogen-bond acceptors (Lipinski definition) is 4. The zero-order chi connectivity index (χ0) is 21.5. The van der Waals surface area contributed by atoms with E-state index in [0.717, 1.165) is 11.1 Å². The molecule has 7 heteroatoms. The summed E-state index contributed by atoms with van der Waals surface area (Å²) in [5, 5.41) is 9.89. The molecule has 0 aliphatic carbocycles. The molecule has 0 spiro atoms. The van der Waals surface area contributed by atoms with Gasteiger partial charge in [0.2, 0.25) is 5.91 Å². The van der Waals surface area contributed by atoms with Gasteiger partial charge in [-0.2, -0.15) is 5.10 Å². The van der Waals surface area contributed by atoms with Gasteiger partial charge in [-0.3, -0.25) is 14.4 Å². The molecule has 0 fully saturated rings. The van der Waals surface area contributed by atoms with Crippen LogP contribution in [0, 0.1) is 0 Å². The minimum atomic E-state index is -0.368. The molecule has 1 heterocycles. The van der Waals surface area contributed by atoms with E-state index in [0.29, 0.717) is 18.7 Å². The molecule has 0 aliphatic rings. The monoisotopic (exact) mass is 404 g/mol. The lowest BCUT2D eigenvalue weighted by atomic mass is 10.1. The minimum Gasteiger partial charge on any atom is -0.344 e. The summed E-state index contributed by atoms with van der Waals surface area (Å²) in [5.74, 6) is -0.423. The summed E-state index contributed by atoms with van der Waals surface area (Å²) in [6, 6.07) is 19.3. The van der Waals surface area contributed by atoms with Crippen LogP contribution in [-0.2, 0) is 11.3 Å². The van der Waals surface area contributed by atoms with Gasteiger partial charge in [-0.15, -0.1) is 0 Å². The lowest BCUT2D eigenvalue weighted by Crippen LogP contribution is -2.31. The summed E-state index contributed by atoms with van der Waals surface area (Å²) in [7, 11) is 0. The molecule has 2 amide bonds. The molecular weight excluding hydrogens is 380 g/mol. The summed E-state index contributed by atoms with van der Waals surface area (Å²) < 4.78 is 1.28. The standard InChI is InChI=1S/C23H24N4O3/c1-3-21(28)25-19-11-9-18(10-12-19)16(2)24-23(30)20-13-14-22(29)27(26-20)15-17-7-5-4-6-8-17/h4-14,16H,3,15H2,1-2H3,(H,24,30)(H,25,28). The number of aromatic nitrogens is 2. The first-order valence-corrected chi connectivity index (χ1v) is 9.79. The maximum atomic E-state index is 12.6. The lowest BCUT2D eigenvalue weighted by molar-refractivity contribution is -0.115. The Morgan fingerprint density at radius 2 is 1.70 bits per heavy atom. The third-order valence-electron chi connectivity index (χ3n) is 4.64. The van der Waals surface area contributed by atoms with E-state index in [1.165, 1.54) is 16.8 Å². The Labute approximate surface area is 174 Å². The molecule has 3 aromatic rings. The van der Waals surface area contributed by atoms with E-state index in [-0.39, 0.29) is 29.1 Å². The Kier molecular flexibility index (Phi) is 6.75. The summed E-state index contributed by atoms with van der Waals surface area (Å²) in [5.41, 5.74) is 2.42. The molecular formula is C23H24N4O3. The van der Waals surface area contributed by atoms with E-state index in [2.05, 4.69) is 15.7 Å². The van der Waals surface area contributed by atoms with Crippen molar-refractivity contribution in [3.63, 3.8) is 0 Å². The van der Waals surface area contributed by atoms with Crippen molar-refractivity contribution in [1.82, 2.24) is 15.1 Å². The Morgan fingerprint density at radius 3 is 2.37 bits per heavy atom. The smallest absolute Gasteiger partial charge is 0.272 e. The largest absolute Gasteiger partial charge is 0.344 e. The highest BCUT2D eigenvalue weighted by atomic mass is 16.2. The van der Waals surface area contributed by atoms with E-state index >= 15 is 0 Å². The van der Waals surface area contributed by atoms with Crippen LogP contribution in [0.25, 0.3) is 0 Å². The fourth-order valence-corrected chi connectivity index (χ4v) is 2.90. The topological polar surface area (TPSA) is 93.1 Å². The summed E-state index contributed by atoms with van der Waals surface area (Å²) in [4.78, 5) is 36.2. The van der Waals surface area contributed by atoms with Crippen LogP contribution in [0.2, 0.25) is 0 Å². The second-order valence-electron chi connectivity index (χ2n) is 6.92. The molecule has 0 bridgehead atoms. The molecule has 0 radical (unpaired) electrons. The molecule has 1 atom stereocenters. The van der Waals surface area contributed by atoms with Crippen LogP contribution in [0.4, 0.5) is 5.69 Å². The molecule has 30 heavy (non-hydrogen) atoms. The van der Waals surface area contributed by atoms with Crippen molar-refractivity contribution in [2.75, 3.05) is 5.32 Å². The summed E-state index contributed by atoms with van der Waals surface area (Å²) >= 11 is 0. The van der Waals surface area contributed by atoms with Gasteiger partial charge in [0.1, 0.15) is 5.69 Å². The summed E-state index contributed by atoms with van der Waals surface area (Å²) in [6.45, 7) is 3.94. The predicted molar refractivity (Wildman–Crippen MR) is 115 cm³/mol. The molecule has 1 aromatic heterocycles. The number of nitrogens with one attached hydrogen (secondary N) is 2. The van der Waals surface area contributed by atoms with Crippen LogP contribution >= 0.6 is 0 Å². The second kappa shape index (κ2) is 9.65. The maximum absolute atomic E-state index is 12.6. The first-order valence-electron chi connectivity index (χ1n) is 9.79. The number of anilines is 1. The number of nitrogens with zero attached hydrogens (tertiary/aromatic N) is 2. The lowest BCUT2D eigenvalue weighted by Gasteiger charge is -2.15. The molecule has 7 nitrogen and oxygen atoms in total. The van der Waals surface area contributed by atoms with Gasteiger partial charge in [0.05, 0.1) is 12.6 Å². The van der Waals surface area contributed by atoms with Crippen molar-refractivity contribution in [1.29, 1.82) is 0 Å². The van der Waals surface area contributed by atoms with Crippen LogP contribution in [0.5, 0.6) is 0 Å². The van der Waals surface area contributed by atoms with Crippen molar-refractivity contribution < 1.29 is 9.59 Å². The third kappa shape index (κ3) is 5.41. The van der Waals surface area contributed by atoms with Crippen molar-refractivity contribution in [3.05, 3.63) is 93.9 Å².